The van der Waals surface area contributed by atoms with Crippen molar-refractivity contribution in [3.05, 3.63) is 271 Å². The topological polar surface area (TPSA) is 36.0 Å². The van der Waals surface area contributed by atoms with Gasteiger partial charge in [-0.05, 0) is 167 Å². The SMILES string of the molecule is CC1(C)c2cc(N(c3ccccc3)c3ccc(-c4cc5ccccc5o4)cc3)ccc2-c2cc3c(cc21)C1C=CC(N(c2ccccc2)c2ccc(-c4cc5ccccc5o4)cc2)=CC1N3c1ccccc1. The second-order valence-corrected chi connectivity index (χ2v) is 19.7. The van der Waals surface area contributed by atoms with Crippen molar-refractivity contribution in [3.8, 4) is 33.8 Å². The molecule has 9 aromatic carbocycles. The number of hydrogen-bond acceptors (Lipinski definition) is 5. The first-order chi connectivity index (χ1) is 35.4. The fourth-order valence-electron chi connectivity index (χ4n) is 11.6. The number of hydrogen-bond donors (Lipinski definition) is 0. The highest BCUT2D eigenvalue weighted by molar-refractivity contribution is 5.91. The van der Waals surface area contributed by atoms with Crippen molar-refractivity contribution < 1.29 is 8.83 Å². The maximum absolute atomic E-state index is 6.27. The minimum atomic E-state index is -0.253. The van der Waals surface area contributed by atoms with E-state index in [4.69, 9.17) is 8.83 Å². The normalized spacial score (nSPS) is 16.0. The lowest BCUT2D eigenvalue weighted by Gasteiger charge is -2.34. The van der Waals surface area contributed by atoms with Gasteiger partial charge in [0.2, 0.25) is 0 Å². The third-order valence-corrected chi connectivity index (χ3v) is 15.2. The average Bonchev–Trinajstić information content (AvgIpc) is 4.20. The van der Waals surface area contributed by atoms with Crippen LogP contribution in [0.5, 0.6) is 0 Å². The molecule has 0 spiro atoms. The summed E-state index contributed by atoms with van der Waals surface area (Å²) in [5, 5.41) is 2.21. The van der Waals surface area contributed by atoms with Crippen molar-refractivity contribution in [1.82, 2.24) is 0 Å². The summed E-state index contributed by atoms with van der Waals surface area (Å²) in [4.78, 5) is 7.32. The molecule has 3 heterocycles. The molecule has 2 unspecified atom stereocenters. The summed E-state index contributed by atoms with van der Waals surface area (Å²) in [7, 11) is 0. The summed E-state index contributed by atoms with van der Waals surface area (Å²) >= 11 is 0. The van der Waals surface area contributed by atoms with Crippen LogP contribution in [-0.4, -0.2) is 6.04 Å². The highest BCUT2D eigenvalue weighted by Crippen LogP contribution is 2.57. The number of fused-ring (bicyclic) bond motifs is 8. The van der Waals surface area contributed by atoms with E-state index >= 15 is 0 Å². The average molecular weight is 928 g/mol. The van der Waals surface area contributed by atoms with Gasteiger partial charge in [0.1, 0.15) is 22.7 Å². The van der Waals surface area contributed by atoms with Gasteiger partial charge < -0.3 is 23.5 Å². The molecule has 14 rings (SSSR count). The predicted octanol–water partition coefficient (Wildman–Crippen LogP) is 18.2. The summed E-state index contributed by atoms with van der Waals surface area (Å²) < 4.78 is 12.5. The molecular weight excluding hydrogens is 879 g/mol. The first-order valence-corrected chi connectivity index (χ1v) is 24.9. The molecule has 2 aromatic heterocycles. The number of nitrogens with zero attached hydrogens (tertiary/aromatic N) is 3. The van der Waals surface area contributed by atoms with Crippen LogP contribution < -0.4 is 14.7 Å². The van der Waals surface area contributed by atoms with Gasteiger partial charge in [-0.3, -0.25) is 0 Å². The highest BCUT2D eigenvalue weighted by atomic mass is 16.3. The van der Waals surface area contributed by atoms with Crippen molar-refractivity contribution in [3.63, 3.8) is 0 Å². The second-order valence-electron chi connectivity index (χ2n) is 19.7. The molecule has 5 nitrogen and oxygen atoms in total. The Morgan fingerprint density at radius 1 is 0.444 bits per heavy atom. The fourth-order valence-corrected chi connectivity index (χ4v) is 11.6. The van der Waals surface area contributed by atoms with Crippen LogP contribution in [0.3, 0.4) is 0 Å². The van der Waals surface area contributed by atoms with Crippen LogP contribution in [0.1, 0.15) is 36.5 Å². The van der Waals surface area contributed by atoms with Gasteiger partial charge in [-0.15, -0.1) is 0 Å². The molecule has 72 heavy (non-hydrogen) atoms. The van der Waals surface area contributed by atoms with Crippen LogP contribution in [0.4, 0.5) is 39.8 Å². The second kappa shape index (κ2) is 16.5. The summed E-state index contributed by atoms with van der Waals surface area (Å²) in [6, 6.07) is 82.6. The third kappa shape index (κ3) is 6.84. The number of furan rings is 2. The molecule has 0 amide bonds. The van der Waals surface area contributed by atoms with Gasteiger partial charge in [0.15, 0.2) is 0 Å². The van der Waals surface area contributed by atoms with E-state index in [1.807, 2.05) is 30.3 Å². The van der Waals surface area contributed by atoms with E-state index < -0.39 is 0 Å². The van der Waals surface area contributed by atoms with Gasteiger partial charge in [-0.1, -0.05) is 123 Å². The van der Waals surface area contributed by atoms with E-state index in [0.717, 1.165) is 78.7 Å². The maximum atomic E-state index is 6.27. The third-order valence-electron chi connectivity index (χ3n) is 15.2. The van der Waals surface area contributed by atoms with Crippen LogP contribution in [0.15, 0.2) is 263 Å². The summed E-state index contributed by atoms with van der Waals surface area (Å²) in [5.74, 6) is 1.88. The fraction of sp³-hybridized carbons (Fsp3) is 0.0746. The Kier molecular flexibility index (Phi) is 9.62. The first kappa shape index (κ1) is 41.9. The lowest BCUT2D eigenvalue weighted by Crippen LogP contribution is -2.31. The molecule has 2 aliphatic carbocycles. The van der Waals surface area contributed by atoms with Gasteiger partial charge in [0.25, 0.3) is 0 Å². The molecule has 2 atom stereocenters. The summed E-state index contributed by atoms with van der Waals surface area (Å²) in [6.07, 6.45) is 7.26. The van der Waals surface area contributed by atoms with Gasteiger partial charge in [-0.2, -0.15) is 0 Å². The highest BCUT2D eigenvalue weighted by Gasteiger charge is 2.44. The van der Waals surface area contributed by atoms with Crippen LogP contribution in [-0.2, 0) is 5.41 Å². The maximum Gasteiger partial charge on any atom is 0.135 e. The van der Waals surface area contributed by atoms with Gasteiger partial charge in [0.05, 0.1) is 6.04 Å². The molecule has 0 saturated carbocycles. The summed E-state index contributed by atoms with van der Waals surface area (Å²) in [6.45, 7) is 4.80. The minimum absolute atomic E-state index is 0.0496. The Hall–Kier alpha value is -9.06. The molecular formula is C67H49N3O2. The van der Waals surface area contributed by atoms with Gasteiger partial charge in [0, 0.05) is 78.7 Å². The quantitative estimate of drug-likeness (QED) is 0.144. The molecule has 344 valence electrons. The molecule has 5 heteroatoms. The van der Waals surface area contributed by atoms with Crippen molar-refractivity contribution in [1.29, 1.82) is 0 Å². The zero-order valence-electron chi connectivity index (χ0n) is 40.0. The molecule has 1 aliphatic heterocycles. The van der Waals surface area contributed by atoms with Crippen LogP contribution in [0.25, 0.3) is 55.7 Å². The predicted molar refractivity (Wildman–Crippen MR) is 296 cm³/mol. The van der Waals surface area contributed by atoms with Crippen LogP contribution >= 0.6 is 0 Å². The minimum Gasteiger partial charge on any atom is -0.456 e. The van der Waals surface area contributed by atoms with E-state index in [0.29, 0.717) is 0 Å². The number of para-hydroxylation sites is 5. The van der Waals surface area contributed by atoms with E-state index in [-0.39, 0.29) is 17.4 Å². The summed E-state index contributed by atoms with van der Waals surface area (Å²) in [5.41, 5.74) is 19.3. The number of rotatable bonds is 9. The molecule has 11 aromatic rings. The Morgan fingerprint density at radius 2 is 0.944 bits per heavy atom. The Labute approximate surface area is 419 Å². The van der Waals surface area contributed by atoms with Crippen molar-refractivity contribution >= 4 is 61.8 Å². The van der Waals surface area contributed by atoms with Crippen molar-refractivity contribution in [2.45, 2.75) is 31.2 Å². The molecule has 0 radical (unpaired) electrons. The van der Waals surface area contributed by atoms with Crippen LogP contribution in [0, 0.1) is 0 Å². The van der Waals surface area contributed by atoms with Gasteiger partial charge >= 0.3 is 0 Å². The Morgan fingerprint density at radius 3 is 1.54 bits per heavy atom. The monoisotopic (exact) mass is 927 g/mol. The van der Waals surface area contributed by atoms with Crippen molar-refractivity contribution in [2.75, 3.05) is 14.7 Å². The van der Waals surface area contributed by atoms with Crippen LogP contribution in [0.2, 0.25) is 0 Å². The lowest BCUT2D eigenvalue weighted by molar-refractivity contribution is 0.631. The van der Waals surface area contributed by atoms with Gasteiger partial charge in [-0.25, -0.2) is 0 Å². The molecule has 0 bridgehead atoms. The number of allylic oxidation sites excluding steroid dienone is 1. The van der Waals surface area contributed by atoms with E-state index in [1.54, 1.807) is 0 Å². The lowest BCUT2D eigenvalue weighted by atomic mass is 9.80. The first-order valence-electron chi connectivity index (χ1n) is 24.9. The smallest absolute Gasteiger partial charge is 0.135 e. The van der Waals surface area contributed by atoms with E-state index in [9.17, 15) is 0 Å². The molecule has 0 fully saturated rings. The largest absolute Gasteiger partial charge is 0.456 e. The molecule has 0 N–H and O–H groups in total. The Balaban J connectivity index is 0.834. The zero-order chi connectivity index (χ0) is 47.9. The standard InChI is InChI=1S/C67H49N3O2/c1-67(2)59-40-53(68(48-18-6-3-7-19-48)51-30-26-44(27-31-51)65-38-46-16-12-14-24-63(46)71-65)34-36-55(59)57-43-62-58(42-60(57)67)56-37-35-54(41-61(56)70(62)50-22-10-5-11-23-50)69(49-20-8-4-9-21-49)52-32-28-45(29-33-52)66-39-47-17-13-15-25-64(47)72-66/h3-43,56,61H,1-2H3. The number of benzene rings is 9. The Bertz CT molecular complexity index is 3840. The van der Waals surface area contributed by atoms with E-state index in [2.05, 4.69) is 247 Å². The molecule has 3 aliphatic rings. The van der Waals surface area contributed by atoms with E-state index in [1.165, 1.54) is 39.2 Å². The zero-order valence-corrected chi connectivity index (χ0v) is 40.0. The number of anilines is 7. The molecule has 0 saturated heterocycles. The van der Waals surface area contributed by atoms with Crippen molar-refractivity contribution in [2.24, 2.45) is 0 Å².